The Kier molecular flexibility index (Phi) is 31.8. The SMILES string of the molecule is CCCCCCCCCCCCCCCC(=O)OCC(CO[C@@H]1O[C@H](CO[C@@H]2O[C@H](CO)[C@@H](O)[C@H](O)[C@H]2O)[C@@H](O)[C@H](O)[C@H]1O)OC(=O)CCCCCCCCCCCCCC. The minimum absolute atomic E-state index is 0.172. The van der Waals surface area contributed by atoms with Crippen molar-refractivity contribution < 1.29 is 73.8 Å². The molecule has 2 aliphatic heterocycles. The van der Waals surface area contributed by atoms with Crippen molar-refractivity contribution in [2.45, 2.75) is 255 Å². The fourth-order valence-corrected chi connectivity index (χ4v) is 7.81. The summed E-state index contributed by atoms with van der Waals surface area (Å²) in [6.07, 6.45) is 12.8. The van der Waals surface area contributed by atoms with E-state index in [2.05, 4.69) is 13.8 Å². The molecule has 360 valence electrons. The maximum Gasteiger partial charge on any atom is 0.306 e. The van der Waals surface area contributed by atoms with Gasteiger partial charge in [0.05, 0.1) is 19.8 Å². The van der Waals surface area contributed by atoms with Crippen LogP contribution in [-0.4, -0.2) is 142 Å². The van der Waals surface area contributed by atoms with Gasteiger partial charge in [-0.1, -0.05) is 162 Å². The van der Waals surface area contributed by atoms with Gasteiger partial charge >= 0.3 is 11.9 Å². The van der Waals surface area contributed by atoms with Crippen LogP contribution in [0.1, 0.15) is 187 Å². The van der Waals surface area contributed by atoms with Gasteiger partial charge in [-0.15, -0.1) is 0 Å². The molecule has 11 atom stereocenters. The van der Waals surface area contributed by atoms with Crippen LogP contribution in [0.5, 0.6) is 0 Å². The van der Waals surface area contributed by atoms with Crippen molar-refractivity contribution >= 4 is 11.9 Å². The van der Waals surface area contributed by atoms with Crippen LogP contribution in [0, 0.1) is 0 Å². The standard InChI is InChI=1S/C46H86O15/c1-3-5-7-9-11-13-15-17-19-20-22-24-26-28-37(48)56-31-34(59-38(49)29-27-25-23-21-18-16-14-12-10-8-6-4-2)32-57-45-44(55)42(53)40(51)36(61-45)33-58-46-43(54)41(52)39(50)35(30-47)60-46/h34-36,39-47,50-55H,3-33H2,1-2H3/t34?,35-,36-,39-,40-,41+,42+,43-,44-,45-,46-/m1/s1. The summed E-state index contributed by atoms with van der Waals surface area (Å²) in [7, 11) is 0. The van der Waals surface area contributed by atoms with Gasteiger partial charge in [0.25, 0.3) is 0 Å². The Morgan fingerprint density at radius 3 is 1.28 bits per heavy atom. The van der Waals surface area contributed by atoms with Crippen LogP contribution in [-0.2, 0) is 38.0 Å². The first-order valence-electron chi connectivity index (χ1n) is 24.1. The molecule has 0 spiro atoms. The van der Waals surface area contributed by atoms with Crippen LogP contribution in [0.4, 0.5) is 0 Å². The fraction of sp³-hybridized carbons (Fsp3) is 0.957. The summed E-state index contributed by atoms with van der Waals surface area (Å²) in [5, 5.41) is 71.9. The third-order valence-corrected chi connectivity index (χ3v) is 11.8. The van der Waals surface area contributed by atoms with Gasteiger partial charge in [-0.05, 0) is 12.8 Å². The lowest BCUT2D eigenvalue weighted by Gasteiger charge is -2.42. The molecule has 2 aliphatic rings. The molecule has 7 N–H and O–H groups in total. The third kappa shape index (κ3) is 23.8. The molecule has 0 aliphatic carbocycles. The van der Waals surface area contributed by atoms with E-state index in [1.54, 1.807) is 0 Å². The molecule has 15 nitrogen and oxygen atoms in total. The Bertz CT molecular complexity index is 1080. The number of aliphatic hydroxyl groups excluding tert-OH is 7. The predicted molar refractivity (Wildman–Crippen MR) is 229 cm³/mol. The van der Waals surface area contributed by atoms with Crippen LogP contribution in [0.2, 0.25) is 0 Å². The summed E-state index contributed by atoms with van der Waals surface area (Å²) < 4.78 is 33.5. The highest BCUT2D eigenvalue weighted by atomic mass is 16.7. The normalized spacial score (nSPS) is 27.2. The Morgan fingerprint density at radius 1 is 0.459 bits per heavy atom. The van der Waals surface area contributed by atoms with E-state index in [1.807, 2.05) is 0 Å². The molecule has 0 radical (unpaired) electrons. The van der Waals surface area contributed by atoms with Crippen molar-refractivity contribution in [1.29, 1.82) is 0 Å². The summed E-state index contributed by atoms with van der Waals surface area (Å²) in [6.45, 7) is 2.59. The van der Waals surface area contributed by atoms with Crippen LogP contribution < -0.4 is 0 Å². The minimum atomic E-state index is -1.76. The topological polar surface area (TPSA) is 231 Å². The van der Waals surface area contributed by atoms with Gasteiger partial charge in [-0.3, -0.25) is 9.59 Å². The summed E-state index contributed by atoms with van der Waals surface area (Å²) >= 11 is 0. The van der Waals surface area contributed by atoms with Crippen LogP contribution >= 0.6 is 0 Å². The Labute approximate surface area is 366 Å². The number of unbranched alkanes of at least 4 members (excludes halogenated alkanes) is 23. The predicted octanol–water partition coefficient (Wildman–Crippen LogP) is 5.65. The zero-order valence-corrected chi connectivity index (χ0v) is 37.7. The number of hydrogen-bond acceptors (Lipinski definition) is 15. The quantitative estimate of drug-likeness (QED) is 0.0295. The van der Waals surface area contributed by atoms with Crippen LogP contribution in [0.25, 0.3) is 0 Å². The number of ether oxygens (including phenoxy) is 6. The zero-order chi connectivity index (χ0) is 44.7. The second kappa shape index (κ2) is 34.8. The Hall–Kier alpha value is -1.50. The van der Waals surface area contributed by atoms with Crippen molar-refractivity contribution in [2.24, 2.45) is 0 Å². The highest BCUT2D eigenvalue weighted by molar-refractivity contribution is 5.70. The molecule has 2 saturated heterocycles. The van der Waals surface area contributed by atoms with E-state index in [0.717, 1.165) is 38.5 Å². The molecule has 61 heavy (non-hydrogen) atoms. The average molecular weight is 879 g/mol. The first-order chi connectivity index (χ1) is 29.5. The van der Waals surface area contributed by atoms with E-state index in [4.69, 9.17) is 28.4 Å². The summed E-state index contributed by atoms with van der Waals surface area (Å²) in [5.74, 6) is -0.914. The van der Waals surface area contributed by atoms with E-state index in [-0.39, 0.29) is 26.1 Å². The van der Waals surface area contributed by atoms with E-state index in [0.29, 0.717) is 12.8 Å². The average Bonchev–Trinajstić information content (AvgIpc) is 3.25. The smallest absolute Gasteiger partial charge is 0.306 e. The Morgan fingerprint density at radius 2 is 0.836 bits per heavy atom. The lowest BCUT2D eigenvalue weighted by molar-refractivity contribution is -0.332. The van der Waals surface area contributed by atoms with Gasteiger partial charge in [-0.25, -0.2) is 0 Å². The fourth-order valence-electron chi connectivity index (χ4n) is 7.81. The van der Waals surface area contributed by atoms with Gasteiger partial charge in [0.15, 0.2) is 18.7 Å². The third-order valence-electron chi connectivity index (χ3n) is 11.8. The van der Waals surface area contributed by atoms with Gasteiger partial charge in [0.2, 0.25) is 0 Å². The first kappa shape index (κ1) is 55.6. The number of aliphatic hydroxyl groups is 7. The number of carbonyl (C=O) groups is 2. The van der Waals surface area contributed by atoms with Crippen LogP contribution in [0.15, 0.2) is 0 Å². The van der Waals surface area contributed by atoms with E-state index in [9.17, 15) is 45.3 Å². The van der Waals surface area contributed by atoms with Crippen molar-refractivity contribution in [2.75, 3.05) is 26.4 Å². The number of carbonyl (C=O) groups excluding carboxylic acids is 2. The summed E-state index contributed by atoms with van der Waals surface area (Å²) in [4.78, 5) is 25.6. The second-order valence-electron chi connectivity index (χ2n) is 17.3. The molecular weight excluding hydrogens is 792 g/mol. The highest BCUT2D eigenvalue weighted by Crippen LogP contribution is 2.26. The zero-order valence-electron chi connectivity index (χ0n) is 37.7. The summed E-state index contributed by atoms with van der Waals surface area (Å²) in [5.41, 5.74) is 0. The van der Waals surface area contributed by atoms with E-state index in [1.165, 1.54) is 109 Å². The lowest BCUT2D eigenvalue weighted by Crippen LogP contribution is -2.61. The summed E-state index contributed by atoms with van der Waals surface area (Å²) in [6, 6.07) is 0. The molecule has 0 aromatic heterocycles. The van der Waals surface area contributed by atoms with Gasteiger partial charge < -0.3 is 64.2 Å². The van der Waals surface area contributed by atoms with E-state index >= 15 is 0 Å². The molecule has 2 rings (SSSR count). The van der Waals surface area contributed by atoms with Gasteiger partial charge in [0.1, 0.15) is 55.4 Å². The molecule has 0 bridgehead atoms. The maximum atomic E-state index is 12.9. The highest BCUT2D eigenvalue weighted by Gasteiger charge is 2.47. The van der Waals surface area contributed by atoms with Crippen molar-refractivity contribution in [3.63, 3.8) is 0 Å². The number of esters is 2. The largest absolute Gasteiger partial charge is 0.462 e. The van der Waals surface area contributed by atoms with Crippen molar-refractivity contribution in [3.05, 3.63) is 0 Å². The molecule has 2 heterocycles. The molecule has 0 saturated carbocycles. The van der Waals surface area contributed by atoms with Gasteiger partial charge in [-0.2, -0.15) is 0 Å². The molecular formula is C46H86O15. The molecule has 1 unspecified atom stereocenters. The first-order valence-corrected chi connectivity index (χ1v) is 24.1. The Balaban J connectivity index is 1.83. The molecule has 15 heteroatoms. The number of rotatable bonds is 37. The minimum Gasteiger partial charge on any atom is -0.462 e. The van der Waals surface area contributed by atoms with Crippen molar-refractivity contribution in [1.82, 2.24) is 0 Å². The number of hydrogen-bond donors (Lipinski definition) is 7. The van der Waals surface area contributed by atoms with Crippen molar-refractivity contribution in [3.8, 4) is 0 Å². The van der Waals surface area contributed by atoms with E-state index < -0.39 is 92.7 Å². The second-order valence-corrected chi connectivity index (χ2v) is 17.3. The monoisotopic (exact) mass is 879 g/mol. The maximum absolute atomic E-state index is 12.9. The van der Waals surface area contributed by atoms with Gasteiger partial charge in [0, 0.05) is 12.8 Å². The molecule has 0 aromatic carbocycles. The lowest BCUT2D eigenvalue weighted by atomic mass is 9.98. The molecule has 2 fully saturated rings. The van der Waals surface area contributed by atoms with Crippen LogP contribution in [0.3, 0.4) is 0 Å². The molecule has 0 aromatic rings. The molecule has 0 amide bonds.